The maximum Gasteiger partial charge on any atom is 0.200 e. The van der Waals surface area contributed by atoms with Crippen molar-refractivity contribution in [3.63, 3.8) is 0 Å². The predicted molar refractivity (Wildman–Crippen MR) is 126 cm³/mol. The van der Waals surface area contributed by atoms with Gasteiger partial charge in [0.2, 0.25) is 11.5 Å². The number of hydrogen-bond acceptors (Lipinski definition) is 6. The van der Waals surface area contributed by atoms with E-state index in [1.165, 1.54) is 28.4 Å². The number of phenols is 2. The quantitative estimate of drug-likeness (QED) is 0.353. The zero-order valence-electron chi connectivity index (χ0n) is 19.4. The van der Waals surface area contributed by atoms with Crippen LogP contribution in [0.4, 0.5) is 0 Å². The first-order chi connectivity index (χ1) is 15.6. The molecule has 0 radical (unpaired) electrons. The Kier molecular flexibility index (Phi) is 17.0. The Labute approximate surface area is 215 Å². The summed E-state index contributed by atoms with van der Waals surface area (Å²) in [5.41, 5.74) is 0. The van der Waals surface area contributed by atoms with Gasteiger partial charge in [-0.15, -0.1) is 12.8 Å². The Bertz CT molecular complexity index is 779. The number of hydrogen-bond donors (Lipinski definition) is 2. The van der Waals surface area contributed by atoms with Gasteiger partial charge in [0.15, 0.2) is 23.0 Å². The molecule has 7 heteroatoms. The monoisotopic (exact) mass is 618 g/mol. The van der Waals surface area contributed by atoms with Gasteiger partial charge in [0.25, 0.3) is 0 Å². The fraction of sp³-hybridized carbons (Fsp3) is 0.231. The van der Waals surface area contributed by atoms with Crippen LogP contribution in [0, 0.1) is 12.2 Å². The largest absolute Gasteiger partial charge is 0.502 e. The Balaban J connectivity index is 0.000000434. The van der Waals surface area contributed by atoms with Crippen LogP contribution in [-0.4, -0.2) is 38.7 Å². The van der Waals surface area contributed by atoms with Gasteiger partial charge in [0, 0.05) is 25.8 Å². The van der Waals surface area contributed by atoms with E-state index in [0.717, 1.165) is 12.8 Å². The number of aromatic hydroxyl groups is 2. The van der Waals surface area contributed by atoms with Crippen molar-refractivity contribution in [3.8, 4) is 34.5 Å². The van der Waals surface area contributed by atoms with Crippen molar-refractivity contribution < 1.29 is 55.0 Å². The van der Waals surface area contributed by atoms with E-state index in [2.05, 4.69) is 24.3 Å². The molecule has 2 N–H and O–H groups in total. The van der Waals surface area contributed by atoms with E-state index in [9.17, 15) is 10.2 Å². The van der Waals surface area contributed by atoms with Crippen LogP contribution >= 0.6 is 0 Å². The summed E-state index contributed by atoms with van der Waals surface area (Å²) in [5.74, 6) is 1.76. The summed E-state index contributed by atoms with van der Waals surface area (Å²) >= 11 is 0. The molecular formula is C26H30HfO6-2. The van der Waals surface area contributed by atoms with Crippen LogP contribution in [0.2, 0.25) is 0 Å². The van der Waals surface area contributed by atoms with Gasteiger partial charge in [-0.05, 0) is 24.3 Å². The maximum absolute atomic E-state index is 9.34. The molecule has 0 fully saturated rings. The molecule has 0 heterocycles. The molecule has 6 nitrogen and oxygen atoms in total. The Morgan fingerprint density at radius 2 is 0.909 bits per heavy atom. The molecule has 33 heavy (non-hydrogen) atoms. The minimum absolute atomic E-state index is 0. The summed E-state index contributed by atoms with van der Waals surface area (Å²) in [5, 5.41) is 18.7. The van der Waals surface area contributed by atoms with Gasteiger partial charge >= 0.3 is 0 Å². The number of para-hydroxylation sites is 2. The van der Waals surface area contributed by atoms with E-state index in [1.54, 1.807) is 36.4 Å². The topological polar surface area (TPSA) is 77.4 Å². The molecule has 0 unspecified atom stereocenters. The van der Waals surface area contributed by atoms with Gasteiger partial charge in [-0.2, -0.15) is 12.2 Å². The molecule has 0 atom stereocenters. The molecule has 0 amide bonds. The van der Waals surface area contributed by atoms with Gasteiger partial charge in [-0.3, -0.25) is 12.2 Å². The molecule has 0 saturated carbocycles. The SMILES string of the molecule is COc1cccc(OC)c1O.COc1cccc(OC)c1O.[C-]1=CC=CC1.[C-]1=CC=CC1.[Hf]. The summed E-state index contributed by atoms with van der Waals surface area (Å²) in [7, 11) is 5.98. The average molecular weight is 617 g/mol. The van der Waals surface area contributed by atoms with Crippen LogP contribution < -0.4 is 18.9 Å². The average Bonchev–Trinajstić information content (AvgIpc) is 3.59. The standard InChI is InChI=1S/2C8H10O3.2C5H5.Hf/c2*1-10-6-4-3-5-7(11-2)8(6)9;2*1-2-4-5-3-1;/h2*3-5,9H,1-2H3;2*1-3H,4H2;/q;;2*-1;. The molecule has 176 valence electrons. The molecule has 0 bridgehead atoms. The maximum atomic E-state index is 9.34. The van der Waals surface area contributed by atoms with Crippen LogP contribution in [0.5, 0.6) is 34.5 Å². The molecular weight excluding hydrogens is 587 g/mol. The van der Waals surface area contributed by atoms with Crippen molar-refractivity contribution >= 4 is 0 Å². The minimum Gasteiger partial charge on any atom is -0.502 e. The molecule has 0 aromatic heterocycles. The number of benzene rings is 2. The Hall–Kier alpha value is -2.93. The van der Waals surface area contributed by atoms with Gasteiger partial charge in [-0.1, -0.05) is 12.1 Å². The van der Waals surface area contributed by atoms with Gasteiger partial charge in [-0.25, -0.2) is 24.3 Å². The first-order valence-corrected chi connectivity index (χ1v) is 9.82. The third-order valence-electron chi connectivity index (χ3n) is 3.98. The number of allylic oxidation sites excluding steroid dienone is 8. The summed E-state index contributed by atoms with van der Waals surface area (Å²) in [6.45, 7) is 0. The number of phenolic OH excluding ortho intramolecular Hbond substituents is 2. The van der Waals surface area contributed by atoms with Crippen molar-refractivity contribution in [2.45, 2.75) is 12.8 Å². The first-order valence-electron chi connectivity index (χ1n) is 9.82. The van der Waals surface area contributed by atoms with E-state index >= 15 is 0 Å². The molecule has 2 aliphatic rings. The summed E-state index contributed by atoms with van der Waals surface area (Å²) in [4.78, 5) is 0. The molecule has 0 spiro atoms. The van der Waals surface area contributed by atoms with Crippen LogP contribution in [0.25, 0.3) is 0 Å². The molecule has 2 aromatic rings. The fourth-order valence-electron chi connectivity index (χ4n) is 2.34. The second-order valence-electron chi connectivity index (χ2n) is 6.03. The third-order valence-corrected chi connectivity index (χ3v) is 3.98. The molecule has 2 aromatic carbocycles. The van der Waals surface area contributed by atoms with Gasteiger partial charge < -0.3 is 29.2 Å². The summed E-state index contributed by atoms with van der Waals surface area (Å²) < 4.78 is 19.4. The zero-order valence-corrected chi connectivity index (χ0v) is 23.0. The zero-order chi connectivity index (χ0) is 23.6. The van der Waals surface area contributed by atoms with E-state index in [-0.39, 0.29) is 37.3 Å². The van der Waals surface area contributed by atoms with Gasteiger partial charge in [0.1, 0.15) is 0 Å². The van der Waals surface area contributed by atoms with Crippen molar-refractivity contribution in [1.82, 2.24) is 0 Å². The second kappa shape index (κ2) is 18.6. The van der Waals surface area contributed by atoms with Crippen LogP contribution in [0.15, 0.2) is 72.9 Å². The number of rotatable bonds is 4. The van der Waals surface area contributed by atoms with E-state index in [0.29, 0.717) is 23.0 Å². The van der Waals surface area contributed by atoms with Crippen LogP contribution in [0.1, 0.15) is 12.8 Å². The Morgan fingerprint density at radius 3 is 1.06 bits per heavy atom. The molecule has 2 aliphatic carbocycles. The second-order valence-corrected chi connectivity index (χ2v) is 6.03. The Morgan fingerprint density at radius 1 is 0.606 bits per heavy atom. The van der Waals surface area contributed by atoms with Crippen molar-refractivity contribution in [2.75, 3.05) is 28.4 Å². The molecule has 4 rings (SSSR count). The van der Waals surface area contributed by atoms with Crippen LogP contribution in [-0.2, 0) is 25.8 Å². The minimum atomic E-state index is 0. The predicted octanol–water partition coefficient (Wildman–Crippen LogP) is 5.43. The molecule has 0 aliphatic heterocycles. The third kappa shape index (κ3) is 11.5. The van der Waals surface area contributed by atoms with Crippen molar-refractivity contribution in [3.05, 3.63) is 85.0 Å². The molecule has 0 saturated heterocycles. The van der Waals surface area contributed by atoms with Crippen molar-refractivity contribution in [2.24, 2.45) is 0 Å². The summed E-state index contributed by atoms with van der Waals surface area (Å²) in [6, 6.07) is 10.2. The van der Waals surface area contributed by atoms with Gasteiger partial charge in [0.05, 0.1) is 28.4 Å². The smallest absolute Gasteiger partial charge is 0.200 e. The van der Waals surface area contributed by atoms with Crippen molar-refractivity contribution in [1.29, 1.82) is 0 Å². The number of ether oxygens (including phenoxy) is 4. The first kappa shape index (κ1) is 30.1. The van der Waals surface area contributed by atoms with E-state index in [1.807, 2.05) is 24.3 Å². The fourth-order valence-corrected chi connectivity index (χ4v) is 2.34. The summed E-state index contributed by atoms with van der Waals surface area (Å²) in [6.07, 6.45) is 20.0. The van der Waals surface area contributed by atoms with E-state index in [4.69, 9.17) is 18.9 Å². The van der Waals surface area contributed by atoms with Crippen LogP contribution in [0.3, 0.4) is 0 Å². The van der Waals surface area contributed by atoms with E-state index < -0.39 is 0 Å². The number of methoxy groups -OCH3 is 4. The normalized spacial score (nSPS) is 11.5.